The molecule has 6 heteroatoms. The van der Waals surface area contributed by atoms with Gasteiger partial charge in [0.05, 0.1) is 17.6 Å². The first-order chi connectivity index (χ1) is 11.5. The topological polar surface area (TPSA) is 60.9 Å². The van der Waals surface area contributed by atoms with Gasteiger partial charge in [-0.05, 0) is 31.2 Å². The van der Waals surface area contributed by atoms with Crippen LogP contribution in [-0.2, 0) is 4.79 Å². The number of nitrogens with two attached hydrogens (primary N) is 1. The lowest BCUT2D eigenvalue weighted by Crippen LogP contribution is -2.13. The molecule has 0 bridgehead atoms. The summed E-state index contributed by atoms with van der Waals surface area (Å²) in [7, 11) is 0. The molecule has 1 aromatic heterocycles. The normalized spacial score (nSPS) is 10.8. The number of primary amides is 1. The summed E-state index contributed by atoms with van der Waals surface area (Å²) in [6.45, 7) is 2.05. The average molecular weight is 402 g/mol. The molecule has 1 heterocycles. The molecule has 0 saturated heterocycles. The number of aryl methyl sites for hydroxylation is 1. The summed E-state index contributed by atoms with van der Waals surface area (Å²) in [6.07, 6.45) is 1.83. The summed E-state index contributed by atoms with van der Waals surface area (Å²) in [5, 5.41) is 0.746. The van der Waals surface area contributed by atoms with Crippen molar-refractivity contribution in [2.45, 2.75) is 12.1 Å². The molecular formula is C18H16BrN3OS. The molecule has 0 aliphatic carbocycles. The number of nitrogens with zero attached hydrogens (tertiary/aromatic N) is 2. The Hall–Kier alpha value is -2.05. The first-order valence-corrected chi connectivity index (χ1v) is 9.14. The molecule has 24 heavy (non-hydrogen) atoms. The summed E-state index contributed by atoms with van der Waals surface area (Å²) in [5.74, 6) is -0.161. The van der Waals surface area contributed by atoms with Crippen LogP contribution in [0.1, 0.15) is 5.56 Å². The Kier molecular flexibility index (Phi) is 5.06. The first kappa shape index (κ1) is 16.8. The number of imidazole rings is 1. The molecule has 0 aliphatic rings. The summed E-state index contributed by atoms with van der Waals surface area (Å²) in [6, 6.07) is 16.3. The van der Waals surface area contributed by atoms with Gasteiger partial charge < -0.3 is 5.73 Å². The van der Waals surface area contributed by atoms with Gasteiger partial charge in [0.2, 0.25) is 5.91 Å². The van der Waals surface area contributed by atoms with Crippen molar-refractivity contribution in [2.24, 2.45) is 5.73 Å². The van der Waals surface area contributed by atoms with E-state index in [0.717, 1.165) is 26.6 Å². The van der Waals surface area contributed by atoms with E-state index in [2.05, 4.69) is 44.5 Å². The maximum Gasteiger partial charge on any atom is 0.227 e. The number of amides is 1. The van der Waals surface area contributed by atoms with Gasteiger partial charge in [-0.15, -0.1) is 0 Å². The number of hydrogen-bond acceptors (Lipinski definition) is 3. The van der Waals surface area contributed by atoms with Crippen LogP contribution in [0.5, 0.6) is 0 Å². The highest BCUT2D eigenvalue weighted by atomic mass is 79.9. The van der Waals surface area contributed by atoms with E-state index in [9.17, 15) is 4.79 Å². The van der Waals surface area contributed by atoms with Crippen LogP contribution >= 0.6 is 27.7 Å². The van der Waals surface area contributed by atoms with E-state index < -0.39 is 0 Å². The zero-order valence-corrected chi connectivity index (χ0v) is 15.5. The Morgan fingerprint density at radius 3 is 2.46 bits per heavy atom. The van der Waals surface area contributed by atoms with Gasteiger partial charge in [-0.3, -0.25) is 9.36 Å². The van der Waals surface area contributed by atoms with Crippen molar-refractivity contribution in [2.75, 3.05) is 5.75 Å². The highest BCUT2D eigenvalue weighted by Crippen LogP contribution is 2.30. The molecule has 0 unspecified atom stereocenters. The Labute approximate surface area is 153 Å². The molecule has 0 atom stereocenters. The molecule has 0 radical (unpaired) electrons. The summed E-state index contributed by atoms with van der Waals surface area (Å²) in [4.78, 5) is 15.6. The van der Waals surface area contributed by atoms with Crippen LogP contribution in [0.4, 0.5) is 0 Å². The van der Waals surface area contributed by atoms with E-state index in [-0.39, 0.29) is 11.7 Å². The van der Waals surface area contributed by atoms with Crippen LogP contribution in [0.25, 0.3) is 16.9 Å². The average Bonchev–Trinajstić information content (AvgIpc) is 2.98. The van der Waals surface area contributed by atoms with Gasteiger partial charge in [0.15, 0.2) is 5.16 Å². The van der Waals surface area contributed by atoms with Gasteiger partial charge >= 0.3 is 0 Å². The van der Waals surface area contributed by atoms with Gasteiger partial charge in [-0.1, -0.05) is 57.5 Å². The van der Waals surface area contributed by atoms with E-state index >= 15 is 0 Å². The van der Waals surface area contributed by atoms with Crippen LogP contribution in [0.2, 0.25) is 0 Å². The van der Waals surface area contributed by atoms with Crippen LogP contribution in [0, 0.1) is 6.92 Å². The second kappa shape index (κ2) is 7.23. The molecule has 3 aromatic rings. The third-order valence-corrected chi connectivity index (χ3v) is 5.01. The number of rotatable bonds is 5. The van der Waals surface area contributed by atoms with Crippen molar-refractivity contribution in [3.8, 4) is 16.9 Å². The van der Waals surface area contributed by atoms with Crippen molar-refractivity contribution >= 4 is 33.6 Å². The molecule has 4 nitrogen and oxygen atoms in total. The zero-order valence-electron chi connectivity index (χ0n) is 13.1. The third-order valence-electron chi connectivity index (χ3n) is 3.51. The largest absolute Gasteiger partial charge is 0.369 e. The molecule has 2 N–H and O–H groups in total. The fourth-order valence-electron chi connectivity index (χ4n) is 2.34. The molecule has 1 amide bonds. The van der Waals surface area contributed by atoms with Gasteiger partial charge in [0.1, 0.15) is 0 Å². The lowest BCUT2D eigenvalue weighted by atomic mass is 10.1. The van der Waals surface area contributed by atoms with Crippen LogP contribution in [-0.4, -0.2) is 21.2 Å². The van der Waals surface area contributed by atoms with Gasteiger partial charge in [-0.2, -0.15) is 0 Å². The number of carbonyl (C=O) groups is 1. The summed E-state index contributed by atoms with van der Waals surface area (Å²) < 4.78 is 3.08. The fraction of sp³-hybridized carbons (Fsp3) is 0.111. The minimum atomic E-state index is -0.358. The first-order valence-electron chi connectivity index (χ1n) is 7.36. The Bertz CT molecular complexity index is 857. The SMILES string of the molecule is Cc1ccc(-n2c(-c3ccc(Br)cc3)cnc2SCC(N)=O)cc1. The standard InChI is InChI=1S/C18H16BrN3OS/c1-12-2-8-15(9-3-12)22-16(13-4-6-14(19)7-5-13)10-21-18(22)24-11-17(20)23/h2-10H,11H2,1H3,(H2,20,23). The number of hydrogen-bond donors (Lipinski definition) is 1. The molecule has 0 aliphatic heterocycles. The van der Waals surface area contributed by atoms with Crippen molar-refractivity contribution in [1.82, 2.24) is 9.55 Å². The monoisotopic (exact) mass is 401 g/mol. The lowest BCUT2D eigenvalue weighted by Gasteiger charge is -2.12. The summed E-state index contributed by atoms with van der Waals surface area (Å²) in [5.41, 5.74) is 9.50. The highest BCUT2D eigenvalue weighted by Gasteiger charge is 2.14. The molecule has 0 fully saturated rings. The molecule has 2 aromatic carbocycles. The number of thioether (sulfide) groups is 1. The van der Waals surface area contributed by atoms with Gasteiger partial charge in [0.25, 0.3) is 0 Å². The van der Waals surface area contributed by atoms with E-state index in [1.54, 1.807) is 0 Å². The predicted octanol–water partition coefficient (Wildman–Crippen LogP) is 4.19. The molecular weight excluding hydrogens is 386 g/mol. The minimum absolute atomic E-state index is 0.197. The van der Waals surface area contributed by atoms with Crippen molar-refractivity contribution in [3.63, 3.8) is 0 Å². The van der Waals surface area contributed by atoms with E-state index in [0.29, 0.717) is 0 Å². The lowest BCUT2D eigenvalue weighted by molar-refractivity contribution is -0.115. The van der Waals surface area contributed by atoms with E-state index in [1.165, 1.54) is 17.3 Å². The zero-order chi connectivity index (χ0) is 17.1. The number of carbonyl (C=O) groups excluding carboxylic acids is 1. The quantitative estimate of drug-likeness (QED) is 0.651. The third kappa shape index (κ3) is 3.71. The molecule has 0 spiro atoms. The smallest absolute Gasteiger partial charge is 0.227 e. The van der Waals surface area contributed by atoms with Crippen molar-refractivity contribution < 1.29 is 4.79 Å². The summed E-state index contributed by atoms with van der Waals surface area (Å²) >= 11 is 4.80. The fourth-order valence-corrected chi connectivity index (χ4v) is 3.34. The van der Waals surface area contributed by atoms with Gasteiger partial charge in [0, 0.05) is 15.7 Å². The maximum absolute atomic E-state index is 11.1. The second-order valence-electron chi connectivity index (χ2n) is 5.36. The minimum Gasteiger partial charge on any atom is -0.369 e. The van der Waals surface area contributed by atoms with Crippen molar-refractivity contribution in [3.05, 3.63) is 64.8 Å². The maximum atomic E-state index is 11.1. The van der Waals surface area contributed by atoms with E-state index in [1.807, 2.05) is 42.6 Å². The van der Waals surface area contributed by atoms with Crippen molar-refractivity contribution in [1.29, 1.82) is 0 Å². The molecule has 3 rings (SSSR count). The number of aromatic nitrogens is 2. The number of halogens is 1. The van der Waals surface area contributed by atoms with Crippen LogP contribution in [0.15, 0.2) is 64.4 Å². The number of benzene rings is 2. The van der Waals surface area contributed by atoms with Crippen LogP contribution < -0.4 is 5.73 Å². The Morgan fingerprint density at radius 2 is 1.83 bits per heavy atom. The predicted molar refractivity (Wildman–Crippen MR) is 101 cm³/mol. The van der Waals surface area contributed by atoms with Gasteiger partial charge in [-0.25, -0.2) is 4.98 Å². The van der Waals surface area contributed by atoms with E-state index in [4.69, 9.17) is 5.73 Å². The molecule has 0 saturated carbocycles. The Morgan fingerprint density at radius 1 is 1.17 bits per heavy atom. The molecule has 122 valence electrons. The highest BCUT2D eigenvalue weighted by molar-refractivity contribution is 9.10. The van der Waals surface area contributed by atoms with Crippen LogP contribution in [0.3, 0.4) is 0 Å². The second-order valence-corrected chi connectivity index (χ2v) is 7.22. The Balaban J connectivity index is 2.09.